The standard InChI is InChI=1S/C10H11Cl2N5/c11-9-6-8(10(12)16-15-9)14-2-1-4-17-5-3-13-7-17/h3,5-7H,1-2,4H2,(H,14,15). The van der Waals surface area contributed by atoms with Crippen molar-refractivity contribution in [2.45, 2.75) is 13.0 Å². The van der Waals surface area contributed by atoms with Crippen molar-refractivity contribution in [3.05, 3.63) is 35.1 Å². The van der Waals surface area contributed by atoms with Gasteiger partial charge in [0.05, 0.1) is 12.0 Å². The lowest BCUT2D eigenvalue weighted by molar-refractivity contribution is 0.660. The first-order valence-corrected chi connectivity index (χ1v) is 5.89. The third kappa shape index (κ3) is 3.57. The van der Waals surface area contributed by atoms with Crippen molar-refractivity contribution in [2.24, 2.45) is 0 Å². The Morgan fingerprint density at radius 3 is 2.94 bits per heavy atom. The third-order valence-corrected chi connectivity index (χ3v) is 2.65. The summed E-state index contributed by atoms with van der Waals surface area (Å²) in [5.41, 5.74) is 0.706. The van der Waals surface area contributed by atoms with Crippen molar-refractivity contribution < 1.29 is 0 Å². The molecule has 0 saturated heterocycles. The Balaban J connectivity index is 1.80. The van der Waals surface area contributed by atoms with Crippen molar-refractivity contribution in [3.8, 4) is 0 Å². The Bertz CT molecular complexity index is 472. The molecular weight excluding hydrogens is 261 g/mol. The summed E-state index contributed by atoms with van der Waals surface area (Å²) in [6, 6.07) is 1.66. The normalized spacial score (nSPS) is 10.5. The second-order valence-corrected chi connectivity index (χ2v) is 4.20. The molecule has 0 saturated carbocycles. The quantitative estimate of drug-likeness (QED) is 0.849. The van der Waals surface area contributed by atoms with Crippen molar-refractivity contribution in [3.63, 3.8) is 0 Å². The maximum Gasteiger partial charge on any atom is 0.174 e. The van der Waals surface area contributed by atoms with E-state index in [1.165, 1.54) is 0 Å². The first-order valence-electron chi connectivity index (χ1n) is 5.14. The van der Waals surface area contributed by atoms with Crippen molar-refractivity contribution in [1.29, 1.82) is 0 Å². The summed E-state index contributed by atoms with van der Waals surface area (Å²) >= 11 is 11.6. The summed E-state index contributed by atoms with van der Waals surface area (Å²) in [6.45, 7) is 1.68. The number of aromatic nitrogens is 4. The van der Waals surface area contributed by atoms with Crippen molar-refractivity contribution >= 4 is 28.9 Å². The van der Waals surface area contributed by atoms with Crippen LogP contribution in [0.25, 0.3) is 0 Å². The van der Waals surface area contributed by atoms with E-state index in [0.29, 0.717) is 16.0 Å². The summed E-state index contributed by atoms with van der Waals surface area (Å²) in [7, 11) is 0. The van der Waals surface area contributed by atoms with Gasteiger partial charge in [-0.15, -0.1) is 10.2 Å². The van der Waals surface area contributed by atoms with Gasteiger partial charge in [0.25, 0.3) is 0 Å². The number of anilines is 1. The fraction of sp³-hybridized carbons (Fsp3) is 0.300. The summed E-state index contributed by atoms with van der Waals surface area (Å²) < 4.78 is 2.01. The van der Waals surface area contributed by atoms with Gasteiger partial charge in [0.2, 0.25) is 0 Å². The molecule has 17 heavy (non-hydrogen) atoms. The minimum Gasteiger partial charge on any atom is -0.382 e. The predicted molar refractivity (Wildman–Crippen MR) is 67.4 cm³/mol. The van der Waals surface area contributed by atoms with Crippen LogP contribution in [0, 0.1) is 0 Å². The van der Waals surface area contributed by atoms with E-state index in [9.17, 15) is 0 Å². The van der Waals surface area contributed by atoms with E-state index in [1.54, 1.807) is 18.6 Å². The van der Waals surface area contributed by atoms with Crippen LogP contribution < -0.4 is 5.32 Å². The fourth-order valence-corrected chi connectivity index (χ4v) is 1.69. The molecule has 2 aromatic heterocycles. The lowest BCUT2D eigenvalue weighted by Crippen LogP contribution is -2.06. The van der Waals surface area contributed by atoms with Crippen LogP contribution >= 0.6 is 23.2 Å². The highest BCUT2D eigenvalue weighted by Gasteiger charge is 2.02. The number of hydrogen-bond acceptors (Lipinski definition) is 4. The molecule has 1 N–H and O–H groups in total. The molecule has 7 heteroatoms. The molecule has 0 aliphatic rings. The van der Waals surface area contributed by atoms with Gasteiger partial charge in [0.15, 0.2) is 10.3 Å². The molecule has 90 valence electrons. The summed E-state index contributed by atoms with van der Waals surface area (Å²) in [5, 5.41) is 11.2. The van der Waals surface area contributed by atoms with Crippen LogP contribution in [-0.2, 0) is 6.54 Å². The van der Waals surface area contributed by atoms with Crippen LogP contribution in [-0.4, -0.2) is 26.3 Å². The second-order valence-electron chi connectivity index (χ2n) is 3.45. The zero-order chi connectivity index (χ0) is 12.1. The third-order valence-electron chi connectivity index (χ3n) is 2.19. The zero-order valence-corrected chi connectivity index (χ0v) is 10.5. The number of imidazole rings is 1. The molecule has 0 aliphatic carbocycles. The van der Waals surface area contributed by atoms with Gasteiger partial charge in [-0.05, 0) is 6.42 Å². The number of hydrogen-bond donors (Lipinski definition) is 1. The van der Waals surface area contributed by atoms with Gasteiger partial charge in [-0.2, -0.15) is 0 Å². The molecule has 0 fully saturated rings. The lowest BCUT2D eigenvalue weighted by Gasteiger charge is -2.07. The van der Waals surface area contributed by atoms with E-state index in [0.717, 1.165) is 19.5 Å². The zero-order valence-electron chi connectivity index (χ0n) is 8.98. The molecule has 0 radical (unpaired) electrons. The van der Waals surface area contributed by atoms with Crippen LogP contribution in [0.3, 0.4) is 0 Å². The molecule has 0 aromatic carbocycles. The minimum absolute atomic E-state index is 0.325. The Morgan fingerprint density at radius 1 is 1.29 bits per heavy atom. The maximum absolute atomic E-state index is 5.86. The molecule has 0 amide bonds. The second kappa shape index (κ2) is 5.84. The molecule has 0 unspecified atom stereocenters. The Morgan fingerprint density at radius 2 is 2.18 bits per heavy atom. The highest BCUT2D eigenvalue weighted by atomic mass is 35.5. The monoisotopic (exact) mass is 271 g/mol. The van der Waals surface area contributed by atoms with Crippen molar-refractivity contribution in [1.82, 2.24) is 19.7 Å². The Kier molecular flexibility index (Phi) is 4.17. The summed E-state index contributed by atoms with van der Waals surface area (Å²) in [5.74, 6) is 0. The fourth-order valence-electron chi connectivity index (χ4n) is 1.38. The smallest absolute Gasteiger partial charge is 0.174 e. The number of nitrogens with one attached hydrogen (secondary N) is 1. The Hall–Kier alpha value is -1.33. The predicted octanol–water partition coefficient (Wildman–Crippen LogP) is 2.48. The highest BCUT2D eigenvalue weighted by Crippen LogP contribution is 2.20. The SMILES string of the molecule is Clc1cc(NCCCn2ccnc2)c(Cl)nn1. The van der Waals surface area contributed by atoms with Crippen LogP contribution in [0.15, 0.2) is 24.8 Å². The van der Waals surface area contributed by atoms with Gasteiger partial charge in [0.1, 0.15) is 0 Å². The average Bonchev–Trinajstić information content (AvgIpc) is 2.82. The molecule has 0 spiro atoms. The van der Waals surface area contributed by atoms with Crippen LogP contribution in [0.2, 0.25) is 10.3 Å². The molecule has 0 bridgehead atoms. The lowest BCUT2D eigenvalue weighted by atomic mass is 10.4. The minimum atomic E-state index is 0.325. The van der Waals surface area contributed by atoms with Crippen LogP contribution in [0.1, 0.15) is 6.42 Å². The van der Waals surface area contributed by atoms with E-state index >= 15 is 0 Å². The number of aryl methyl sites for hydroxylation is 1. The van der Waals surface area contributed by atoms with Crippen molar-refractivity contribution in [2.75, 3.05) is 11.9 Å². The van der Waals surface area contributed by atoms with E-state index in [-0.39, 0.29) is 0 Å². The first-order chi connectivity index (χ1) is 8.25. The van der Waals surface area contributed by atoms with Gasteiger partial charge in [-0.3, -0.25) is 0 Å². The van der Waals surface area contributed by atoms with Gasteiger partial charge in [-0.1, -0.05) is 23.2 Å². The van der Waals surface area contributed by atoms with E-state index in [1.807, 2.05) is 10.8 Å². The number of rotatable bonds is 5. The highest BCUT2D eigenvalue weighted by molar-refractivity contribution is 6.33. The van der Waals surface area contributed by atoms with E-state index in [2.05, 4.69) is 20.5 Å². The molecule has 2 rings (SSSR count). The molecular formula is C10H11Cl2N5. The molecule has 5 nitrogen and oxygen atoms in total. The summed E-state index contributed by atoms with van der Waals surface area (Å²) in [4.78, 5) is 3.97. The van der Waals surface area contributed by atoms with Gasteiger partial charge >= 0.3 is 0 Å². The van der Waals surface area contributed by atoms with Crippen LogP contribution in [0.5, 0.6) is 0 Å². The molecule has 0 aliphatic heterocycles. The molecule has 2 aromatic rings. The van der Waals surface area contributed by atoms with Gasteiger partial charge in [0, 0.05) is 31.5 Å². The topological polar surface area (TPSA) is 55.6 Å². The maximum atomic E-state index is 5.86. The van der Waals surface area contributed by atoms with E-state index in [4.69, 9.17) is 23.2 Å². The number of halogens is 2. The number of nitrogens with zero attached hydrogens (tertiary/aromatic N) is 4. The van der Waals surface area contributed by atoms with Crippen LogP contribution in [0.4, 0.5) is 5.69 Å². The summed E-state index contributed by atoms with van der Waals surface area (Å²) in [6.07, 6.45) is 6.43. The molecule has 0 atom stereocenters. The van der Waals surface area contributed by atoms with Gasteiger partial charge < -0.3 is 9.88 Å². The Labute approximate surface area is 109 Å². The van der Waals surface area contributed by atoms with Gasteiger partial charge in [-0.25, -0.2) is 4.98 Å². The average molecular weight is 272 g/mol. The first kappa shape index (κ1) is 12.1. The largest absolute Gasteiger partial charge is 0.382 e. The van der Waals surface area contributed by atoms with E-state index < -0.39 is 0 Å². The molecule has 2 heterocycles.